The summed E-state index contributed by atoms with van der Waals surface area (Å²) in [6, 6.07) is 0.355. The van der Waals surface area contributed by atoms with Crippen molar-refractivity contribution in [2.24, 2.45) is 10.8 Å². The van der Waals surface area contributed by atoms with Gasteiger partial charge in [-0.05, 0) is 18.9 Å². The molecule has 0 aromatic carbocycles. The van der Waals surface area contributed by atoms with Gasteiger partial charge in [0.2, 0.25) is 6.40 Å². The van der Waals surface area contributed by atoms with Gasteiger partial charge in [-0.15, -0.1) is 4.59 Å². The second kappa shape index (κ2) is 2.21. The molecule has 4 nitrogen and oxygen atoms in total. The second-order valence-electron chi connectivity index (χ2n) is 2.94. The number of ether oxygens (including phenoxy) is 1. The average Bonchev–Trinajstić information content (AvgIpc) is 2.15. The lowest BCUT2D eigenvalue weighted by molar-refractivity contribution is -0.967. The van der Waals surface area contributed by atoms with E-state index in [4.69, 9.17) is 10.5 Å². The Kier molecular flexibility index (Phi) is 1.66. The maximum atomic E-state index is 5.64. The highest BCUT2D eigenvalue weighted by atomic mass is 16.5. The molecule has 10 heavy (non-hydrogen) atoms. The highest BCUT2D eigenvalue weighted by molar-refractivity contribution is 5.46. The van der Waals surface area contributed by atoms with E-state index in [1.54, 1.807) is 0 Å². The summed E-state index contributed by atoms with van der Waals surface area (Å²) in [4.78, 5) is 0. The third-order valence-electron chi connectivity index (χ3n) is 2.06. The molecule has 0 fully saturated rings. The molecule has 0 saturated heterocycles. The molecule has 0 aliphatic carbocycles. The predicted octanol–water partition coefficient (Wildman–Crippen LogP) is 0.0572. The van der Waals surface area contributed by atoms with Crippen LogP contribution in [0.4, 0.5) is 0 Å². The normalized spacial score (nSPS) is 38.7. The quantitative estimate of drug-likeness (QED) is 0.529. The Labute approximate surface area is 60.8 Å². The minimum atomic E-state index is -0.333. The lowest BCUT2D eigenvalue weighted by Crippen LogP contribution is -2.54. The molecule has 0 radical (unpaired) electrons. The average molecular weight is 144 g/mol. The second-order valence-corrected chi connectivity index (χ2v) is 2.94. The molecule has 1 rings (SSSR count). The highest BCUT2D eigenvalue weighted by Crippen LogP contribution is 2.18. The fraction of sp³-hybridized carbons (Fsp3) is 0.833. The van der Waals surface area contributed by atoms with Gasteiger partial charge in [0.25, 0.3) is 0 Å². The van der Waals surface area contributed by atoms with Gasteiger partial charge in [-0.3, -0.25) is 0 Å². The van der Waals surface area contributed by atoms with Crippen molar-refractivity contribution in [2.45, 2.75) is 26.2 Å². The molecule has 1 aliphatic rings. The molecular weight excluding hydrogens is 130 g/mol. The van der Waals surface area contributed by atoms with E-state index in [1.165, 1.54) is 6.40 Å². The number of hydrogen-bond acceptors (Lipinski definition) is 3. The molecule has 2 unspecified atom stereocenters. The van der Waals surface area contributed by atoms with Crippen LogP contribution in [0.3, 0.4) is 0 Å². The Balaban J connectivity index is 2.75. The fourth-order valence-corrected chi connectivity index (χ4v) is 0.807. The zero-order chi connectivity index (χ0) is 7.78. The minimum Gasteiger partial charge on any atom is -0.411 e. The molecule has 0 aromatic heterocycles. The Hall–Kier alpha value is -0.610. The van der Waals surface area contributed by atoms with Crippen LogP contribution in [0.2, 0.25) is 0 Å². The van der Waals surface area contributed by atoms with Crippen LogP contribution in [0, 0.1) is 0 Å². The summed E-state index contributed by atoms with van der Waals surface area (Å²) in [6.45, 7) is 4.12. The smallest absolute Gasteiger partial charge is 0.317 e. The van der Waals surface area contributed by atoms with Crippen LogP contribution < -0.4 is 5.73 Å². The van der Waals surface area contributed by atoms with E-state index in [2.05, 4.69) is 18.9 Å². The van der Waals surface area contributed by atoms with Crippen LogP contribution in [0.5, 0.6) is 0 Å². The lowest BCUT2D eigenvalue weighted by atomic mass is 10.3. The Morgan fingerprint density at radius 1 is 1.70 bits per heavy atom. The van der Waals surface area contributed by atoms with Crippen LogP contribution in [0.15, 0.2) is 5.10 Å². The van der Waals surface area contributed by atoms with Crippen molar-refractivity contribution in [3.63, 3.8) is 0 Å². The molecule has 1 heterocycles. The maximum Gasteiger partial charge on any atom is 0.317 e. The van der Waals surface area contributed by atoms with Gasteiger partial charge in [0.15, 0.2) is 0 Å². The van der Waals surface area contributed by atoms with E-state index < -0.39 is 0 Å². The van der Waals surface area contributed by atoms with E-state index in [0.717, 1.165) is 0 Å². The number of rotatable bonds is 1. The fourth-order valence-electron chi connectivity index (χ4n) is 0.807. The molecule has 0 saturated carbocycles. The van der Waals surface area contributed by atoms with Gasteiger partial charge in [0.05, 0.1) is 7.05 Å². The molecule has 0 amide bonds. The standard InChI is InChI=1S/C6H14N3O/c1-5(2)9(3)6(7)10-4-8-9/h4-6H,7H2,1-3H3/q+1. The summed E-state index contributed by atoms with van der Waals surface area (Å²) in [5, 5.41) is 4.11. The third kappa shape index (κ3) is 0.892. The van der Waals surface area contributed by atoms with Crippen molar-refractivity contribution in [1.82, 2.24) is 0 Å². The molecule has 4 heteroatoms. The summed E-state index contributed by atoms with van der Waals surface area (Å²) in [6.07, 6.45) is 1.09. The maximum absolute atomic E-state index is 5.64. The van der Waals surface area contributed by atoms with Crippen molar-refractivity contribution in [2.75, 3.05) is 7.05 Å². The predicted molar refractivity (Wildman–Crippen MR) is 38.9 cm³/mol. The SMILES string of the molecule is CC(C)[N+]1(C)N=COC1N. The summed E-state index contributed by atoms with van der Waals surface area (Å²) < 4.78 is 5.40. The summed E-state index contributed by atoms with van der Waals surface area (Å²) in [5.74, 6) is 0. The molecule has 1 aliphatic heterocycles. The Morgan fingerprint density at radius 3 is 2.50 bits per heavy atom. The number of nitrogens with zero attached hydrogens (tertiary/aromatic N) is 2. The zero-order valence-corrected chi connectivity index (χ0v) is 6.61. The Bertz CT molecular complexity index is 157. The monoisotopic (exact) mass is 144 g/mol. The van der Waals surface area contributed by atoms with Crippen LogP contribution in [-0.2, 0) is 4.74 Å². The first-order chi connectivity index (χ1) is 4.57. The van der Waals surface area contributed by atoms with E-state index in [1.807, 2.05) is 7.05 Å². The molecule has 58 valence electrons. The van der Waals surface area contributed by atoms with Crippen molar-refractivity contribution < 1.29 is 9.33 Å². The molecule has 0 aromatic rings. The number of hydrogen-bond donors (Lipinski definition) is 1. The van der Waals surface area contributed by atoms with Gasteiger partial charge in [0.1, 0.15) is 6.04 Å². The topological polar surface area (TPSA) is 47.6 Å². The molecule has 2 atom stereocenters. The van der Waals surface area contributed by atoms with Gasteiger partial charge in [-0.25, -0.2) is 5.73 Å². The van der Waals surface area contributed by atoms with E-state index in [9.17, 15) is 0 Å². The van der Waals surface area contributed by atoms with Crippen LogP contribution in [0.25, 0.3) is 0 Å². The van der Waals surface area contributed by atoms with Crippen molar-refractivity contribution in [3.05, 3.63) is 0 Å². The first-order valence-electron chi connectivity index (χ1n) is 3.38. The van der Waals surface area contributed by atoms with E-state index >= 15 is 0 Å². The van der Waals surface area contributed by atoms with Crippen LogP contribution in [-0.4, -0.2) is 30.4 Å². The van der Waals surface area contributed by atoms with Gasteiger partial charge >= 0.3 is 6.35 Å². The van der Waals surface area contributed by atoms with E-state index in [0.29, 0.717) is 10.6 Å². The first-order valence-corrected chi connectivity index (χ1v) is 3.38. The molecule has 2 N–H and O–H groups in total. The largest absolute Gasteiger partial charge is 0.411 e. The van der Waals surface area contributed by atoms with E-state index in [-0.39, 0.29) is 6.35 Å². The summed E-state index contributed by atoms with van der Waals surface area (Å²) in [5.41, 5.74) is 5.64. The van der Waals surface area contributed by atoms with Gasteiger partial charge < -0.3 is 4.74 Å². The number of quaternary nitrogens is 1. The summed E-state index contributed by atoms with van der Waals surface area (Å²) in [7, 11) is 1.94. The van der Waals surface area contributed by atoms with Crippen molar-refractivity contribution in [3.8, 4) is 0 Å². The summed E-state index contributed by atoms with van der Waals surface area (Å²) >= 11 is 0. The van der Waals surface area contributed by atoms with Crippen molar-refractivity contribution in [1.29, 1.82) is 0 Å². The molecule has 0 spiro atoms. The lowest BCUT2D eigenvalue weighted by Gasteiger charge is -2.29. The molecular formula is C6H14N3O+. The zero-order valence-electron chi connectivity index (χ0n) is 6.61. The number of nitrogens with two attached hydrogens (primary N) is 1. The van der Waals surface area contributed by atoms with Gasteiger partial charge in [0, 0.05) is 0 Å². The minimum absolute atomic E-state index is 0.333. The van der Waals surface area contributed by atoms with Gasteiger partial charge in [-0.2, -0.15) is 0 Å². The van der Waals surface area contributed by atoms with Crippen LogP contribution in [0.1, 0.15) is 13.8 Å². The van der Waals surface area contributed by atoms with Gasteiger partial charge in [-0.1, -0.05) is 0 Å². The molecule has 0 bridgehead atoms. The van der Waals surface area contributed by atoms with Crippen LogP contribution >= 0.6 is 0 Å². The third-order valence-corrected chi connectivity index (χ3v) is 2.06. The van der Waals surface area contributed by atoms with Crippen molar-refractivity contribution >= 4 is 6.40 Å². The highest BCUT2D eigenvalue weighted by Gasteiger charge is 2.38. The Morgan fingerprint density at radius 2 is 2.30 bits per heavy atom. The first kappa shape index (κ1) is 7.50.